The van der Waals surface area contributed by atoms with Gasteiger partial charge in [0.15, 0.2) is 6.10 Å². The van der Waals surface area contributed by atoms with Crippen molar-refractivity contribution in [2.24, 2.45) is 5.73 Å². The van der Waals surface area contributed by atoms with Crippen molar-refractivity contribution in [3.8, 4) is 5.75 Å². The summed E-state index contributed by atoms with van der Waals surface area (Å²) in [6, 6.07) is 7.56. The summed E-state index contributed by atoms with van der Waals surface area (Å²) in [5.41, 5.74) is 6.27. The van der Waals surface area contributed by atoms with Crippen molar-refractivity contribution in [3.63, 3.8) is 0 Å². The van der Waals surface area contributed by atoms with Gasteiger partial charge >= 0.3 is 0 Å². The van der Waals surface area contributed by atoms with E-state index >= 15 is 0 Å². The second kappa shape index (κ2) is 4.65. The summed E-state index contributed by atoms with van der Waals surface area (Å²) in [5.74, 6) is 0.268. The molecule has 0 aromatic heterocycles. The van der Waals surface area contributed by atoms with E-state index in [-0.39, 0.29) is 0 Å². The van der Waals surface area contributed by atoms with Crippen LogP contribution < -0.4 is 10.5 Å². The Bertz CT molecular complexity index is 323. The smallest absolute Gasteiger partial charge is 0.258 e. The highest BCUT2D eigenvalue weighted by molar-refractivity contribution is 5.79. The lowest BCUT2D eigenvalue weighted by molar-refractivity contribution is -0.124. The first kappa shape index (κ1) is 10.6. The summed E-state index contributed by atoms with van der Waals surface area (Å²) in [5, 5.41) is 0. The van der Waals surface area contributed by atoms with Crippen LogP contribution in [0.2, 0.25) is 0 Å². The molecule has 0 saturated heterocycles. The monoisotopic (exact) mass is 193 g/mol. The Hall–Kier alpha value is -1.51. The zero-order valence-electron chi connectivity index (χ0n) is 8.49. The zero-order valence-corrected chi connectivity index (χ0v) is 8.49. The maximum atomic E-state index is 10.9. The second-order valence-corrected chi connectivity index (χ2v) is 3.23. The molecule has 76 valence electrons. The molecule has 0 aliphatic heterocycles. The van der Waals surface area contributed by atoms with Crippen LogP contribution in [0.1, 0.15) is 18.9 Å². The standard InChI is InChI=1S/C11H15NO2/c1-3-10(11(12)13)14-9-6-4-5-8(2)7-9/h4-7,10H,3H2,1-2H3,(H2,12,13). The van der Waals surface area contributed by atoms with Gasteiger partial charge in [-0.15, -0.1) is 0 Å². The highest BCUT2D eigenvalue weighted by atomic mass is 16.5. The molecule has 1 amide bonds. The summed E-state index contributed by atoms with van der Waals surface area (Å²) in [4.78, 5) is 10.9. The van der Waals surface area contributed by atoms with E-state index in [0.29, 0.717) is 12.2 Å². The summed E-state index contributed by atoms with van der Waals surface area (Å²) >= 11 is 0. The lowest BCUT2D eigenvalue weighted by atomic mass is 10.2. The molecule has 1 aromatic carbocycles. The van der Waals surface area contributed by atoms with Crippen LogP contribution >= 0.6 is 0 Å². The minimum atomic E-state index is -0.531. The number of aryl methyl sites for hydroxylation is 1. The van der Waals surface area contributed by atoms with Gasteiger partial charge in [-0.3, -0.25) is 4.79 Å². The van der Waals surface area contributed by atoms with E-state index in [2.05, 4.69) is 0 Å². The number of primary amides is 1. The molecule has 0 spiro atoms. The highest BCUT2D eigenvalue weighted by Crippen LogP contribution is 2.14. The molecule has 2 N–H and O–H groups in total. The van der Waals surface area contributed by atoms with Gasteiger partial charge in [0, 0.05) is 0 Å². The summed E-state index contributed by atoms with van der Waals surface area (Å²) in [6.45, 7) is 3.84. The Morgan fingerprint density at radius 3 is 2.79 bits per heavy atom. The Balaban J connectivity index is 2.72. The van der Waals surface area contributed by atoms with E-state index in [1.165, 1.54) is 0 Å². The molecule has 0 heterocycles. The average Bonchev–Trinajstić information content (AvgIpc) is 2.14. The fourth-order valence-electron chi connectivity index (χ4n) is 1.20. The largest absolute Gasteiger partial charge is 0.481 e. The molecule has 0 fully saturated rings. The lowest BCUT2D eigenvalue weighted by Gasteiger charge is -2.14. The molecule has 1 atom stereocenters. The van der Waals surface area contributed by atoms with Gasteiger partial charge < -0.3 is 10.5 Å². The normalized spacial score (nSPS) is 12.1. The number of amides is 1. The lowest BCUT2D eigenvalue weighted by Crippen LogP contribution is -2.32. The number of benzene rings is 1. The van der Waals surface area contributed by atoms with Crippen LogP contribution in [-0.4, -0.2) is 12.0 Å². The van der Waals surface area contributed by atoms with Gasteiger partial charge in [-0.05, 0) is 31.0 Å². The number of carbonyl (C=O) groups excluding carboxylic acids is 1. The third kappa shape index (κ3) is 2.76. The van der Waals surface area contributed by atoms with Crippen LogP contribution in [0.5, 0.6) is 5.75 Å². The Labute approximate surface area is 83.9 Å². The van der Waals surface area contributed by atoms with Crippen molar-refractivity contribution in [1.82, 2.24) is 0 Å². The van der Waals surface area contributed by atoms with E-state index in [9.17, 15) is 4.79 Å². The minimum Gasteiger partial charge on any atom is -0.481 e. The van der Waals surface area contributed by atoms with E-state index < -0.39 is 12.0 Å². The number of hydrogen-bond donors (Lipinski definition) is 1. The number of rotatable bonds is 4. The predicted molar refractivity (Wildman–Crippen MR) is 55.1 cm³/mol. The first-order valence-corrected chi connectivity index (χ1v) is 4.66. The number of hydrogen-bond acceptors (Lipinski definition) is 2. The van der Waals surface area contributed by atoms with Gasteiger partial charge in [0.05, 0.1) is 0 Å². The van der Waals surface area contributed by atoms with Crippen molar-refractivity contribution in [1.29, 1.82) is 0 Å². The quantitative estimate of drug-likeness (QED) is 0.790. The molecule has 0 bridgehead atoms. The highest BCUT2D eigenvalue weighted by Gasteiger charge is 2.13. The first-order valence-electron chi connectivity index (χ1n) is 4.66. The molecule has 14 heavy (non-hydrogen) atoms. The third-order valence-corrected chi connectivity index (χ3v) is 1.96. The van der Waals surface area contributed by atoms with Crippen molar-refractivity contribution in [2.75, 3.05) is 0 Å². The fourth-order valence-corrected chi connectivity index (χ4v) is 1.20. The van der Waals surface area contributed by atoms with Gasteiger partial charge in [-0.25, -0.2) is 0 Å². The zero-order chi connectivity index (χ0) is 10.6. The first-order chi connectivity index (χ1) is 6.63. The Kier molecular flexibility index (Phi) is 3.51. The molecule has 1 rings (SSSR count). The van der Waals surface area contributed by atoms with E-state index in [1.807, 2.05) is 38.1 Å². The van der Waals surface area contributed by atoms with Gasteiger partial charge in [0.25, 0.3) is 5.91 Å². The molecule has 0 radical (unpaired) electrons. The number of carbonyl (C=O) groups is 1. The Morgan fingerprint density at radius 2 is 2.29 bits per heavy atom. The maximum absolute atomic E-state index is 10.9. The molecule has 0 aliphatic rings. The van der Waals surface area contributed by atoms with Crippen LogP contribution in [0.15, 0.2) is 24.3 Å². The fraction of sp³-hybridized carbons (Fsp3) is 0.364. The molecular formula is C11H15NO2. The van der Waals surface area contributed by atoms with Crippen molar-refractivity contribution >= 4 is 5.91 Å². The van der Waals surface area contributed by atoms with E-state index in [1.54, 1.807) is 0 Å². The van der Waals surface area contributed by atoms with Gasteiger partial charge in [0.2, 0.25) is 0 Å². The minimum absolute atomic E-state index is 0.422. The molecule has 1 unspecified atom stereocenters. The van der Waals surface area contributed by atoms with Crippen LogP contribution in [0.3, 0.4) is 0 Å². The van der Waals surface area contributed by atoms with Crippen LogP contribution in [0.25, 0.3) is 0 Å². The molecular weight excluding hydrogens is 178 g/mol. The van der Waals surface area contributed by atoms with Crippen LogP contribution in [0.4, 0.5) is 0 Å². The Morgan fingerprint density at radius 1 is 1.57 bits per heavy atom. The average molecular weight is 193 g/mol. The van der Waals surface area contributed by atoms with Crippen molar-refractivity contribution in [3.05, 3.63) is 29.8 Å². The second-order valence-electron chi connectivity index (χ2n) is 3.23. The molecule has 0 aliphatic carbocycles. The topological polar surface area (TPSA) is 52.3 Å². The van der Waals surface area contributed by atoms with Crippen molar-refractivity contribution < 1.29 is 9.53 Å². The molecule has 1 aromatic rings. The molecule has 3 nitrogen and oxygen atoms in total. The molecule has 0 saturated carbocycles. The summed E-state index contributed by atoms with van der Waals surface area (Å²) < 4.78 is 5.43. The van der Waals surface area contributed by atoms with E-state index in [4.69, 9.17) is 10.5 Å². The van der Waals surface area contributed by atoms with Crippen LogP contribution in [-0.2, 0) is 4.79 Å². The van der Waals surface area contributed by atoms with E-state index in [0.717, 1.165) is 5.56 Å². The molecule has 3 heteroatoms. The maximum Gasteiger partial charge on any atom is 0.258 e. The number of nitrogens with two attached hydrogens (primary N) is 1. The van der Waals surface area contributed by atoms with Crippen LogP contribution in [0, 0.1) is 6.92 Å². The number of ether oxygens (including phenoxy) is 1. The SMILES string of the molecule is CCC(Oc1cccc(C)c1)C(N)=O. The summed E-state index contributed by atoms with van der Waals surface area (Å²) in [7, 11) is 0. The summed E-state index contributed by atoms with van der Waals surface area (Å²) in [6.07, 6.45) is 0.0558. The van der Waals surface area contributed by atoms with Gasteiger partial charge in [0.1, 0.15) is 5.75 Å². The van der Waals surface area contributed by atoms with Gasteiger partial charge in [-0.1, -0.05) is 19.1 Å². The predicted octanol–water partition coefficient (Wildman–Crippen LogP) is 1.64. The third-order valence-electron chi connectivity index (χ3n) is 1.96. The van der Waals surface area contributed by atoms with Crippen molar-refractivity contribution in [2.45, 2.75) is 26.4 Å². The van der Waals surface area contributed by atoms with Gasteiger partial charge in [-0.2, -0.15) is 0 Å².